The number of hydrogen-bond donors (Lipinski definition) is 2. The molecule has 0 amide bonds. The number of rotatable bonds is 4. The molecule has 106 valence electrons. The molecule has 2 rings (SSSR count). The third kappa shape index (κ3) is 4.29. The Morgan fingerprint density at radius 1 is 1.37 bits per heavy atom. The van der Waals surface area contributed by atoms with E-state index in [2.05, 4.69) is 24.1 Å². The summed E-state index contributed by atoms with van der Waals surface area (Å²) in [6.45, 7) is 8.03. The van der Waals surface area contributed by atoms with Gasteiger partial charge in [-0.05, 0) is 37.0 Å². The van der Waals surface area contributed by atoms with Crippen molar-refractivity contribution in [2.24, 2.45) is 5.92 Å². The van der Waals surface area contributed by atoms with Crippen molar-refractivity contribution in [3.63, 3.8) is 0 Å². The van der Waals surface area contributed by atoms with Crippen molar-refractivity contribution in [1.29, 1.82) is 0 Å². The van der Waals surface area contributed by atoms with Gasteiger partial charge >= 0.3 is 0 Å². The van der Waals surface area contributed by atoms with Crippen molar-refractivity contribution in [3.8, 4) is 5.75 Å². The van der Waals surface area contributed by atoms with Crippen molar-refractivity contribution < 1.29 is 5.11 Å². The molecule has 1 aromatic carbocycles. The van der Waals surface area contributed by atoms with Crippen molar-refractivity contribution in [3.05, 3.63) is 23.2 Å². The van der Waals surface area contributed by atoms with E-state index in [0.29, 0.717) is 11.1 Å². The summed E-state index contributed by atoms with van der Waals surface area (Å²) in [5.41, 5.74) is 0.991. The molecule has 19 heavy (non-hydrogen) atoms. The quantitative estimate of drug-likeness (QED) is 0.829. The molecule has 3 nitrogen and oxygen atoms in total. The molecule has 2 N–H and O–H groups in total. The van der Waals surface area contributed by atoms with Crippen LogP contribution in [0.15, 0.2) is 18.2 Å². The Kier molecular flexibility index (Phi) is 4.94. The van der Waals surface area contributed by atoms with E-state index in [1.807, 2.05) is 6.07 Å². The average Bonchev–Trinajstić information content (AvgIpc) is 2.36. The Labute approximate surface area is 120 Å². The summed E-state index contributed by atoms with van der Waals surface area (Å²) in [6, 6.07) is 5.81. The van der Waals surface area contributed by atoms with Crippen molar-refractivity contribution in [2.75, 3.05) is 25.0 Å². The normalized spacial score (nSPS) is 17.9. The minimum absolute atomic E-state index is 0.138. The summed E-state index contributed by atoms with van der Waals surface area (Å²) < 4.78 is 0. The van der Waals surface area contributed by atoms with Crippen LogP contribution < -0.4 is 5.32 Å². The van der Waals surface area contributed by atoms with E-state index in [9.17, 15) is 5.11 Å². The number of piperidine rings is 1. The lowest BCUT2D eigenvalue weighted by atomic mass is 10.0. The number of anilines is 1. The molecule has 0 atom stereocenters. The number of phenolic OH excluding ortho intramolecular Hbond substituents is 1. The molecule has 1 fully saturated rings. The smallest absolute Gasteiger partial charge is 0.134 e. The first-order valence-corrected chi connectivity index (χ1v) is 7.40. The molecule has 1 aromatic rings. The van der Waals surface area contributed by atoms with Crippen LogP contribution in [0, 0.1) is 5.92 Å². The van der Waals surface area contributed by atoms with Crippen LogP contribution >= 0.6 is 11.6 Å². The van der Waals surface area contributed by atoms with Gasteiger partial charge < -0.3 is 15.3 Å². The van der Waals surface area contributed by atoms with Crippen LogP contribution in [0.4, 0.5) is 5.69 Å². The molecular formula is C15H23ClN2O. The van der Waals surface area contributed by atoms with Gasteiger partial charge in [0, 0.05) is 31.4 Å². The van der Waals surface area contributed by atoms with Gasteiger partial charge in [-0.1, -0.05) is 25.4 Å². The van der Waals surface area contributed by atoms with E-state index >= 15 is 0 Å². The minimum Gasteiger partial charge on any atom is -0.506 e. The Balaban J connectivity index is 1.83. The van der Waals surface area contributed by atoms with Gasteiger partial charge in [0.2, 0.25) is 0 Å². The second-order valence-corrected chi connectivity index (χ2v) is 6.19. The third-order valence-electron chi connectivity index (χ3n) is 3.53. The fourth-order valence-electron chi connectivity index (χ4n) is 2.61. The van der Waals surface area contributed by atoms with Crippen LogP contribution in [0.5, 0.6) is 5.75 Å². The highest BCUT2D eigenvalue weighted by molar-refractivity contribution is 6.32. The van der Waals surface area contributed by atoms with Gasteiger partial charge in [-0.25, -0.2) is 0 Å². The Bertz CT molecular complexity index is 415. The Morgan fingerprint density at radius 2 is 2.05 bits per heavy atom. The van der Waals surface area contributed by atoms with E-state index in [1.165, 1.54) is 6.54 Å². The molecule has 0 aromatic heterocycles. The SMILES string of the molecule is CC(C)CN1CCC(Nc2ccc(O)c(Cl)c2)CC1. The predicted octanol–water partition coefficient (Wildman–Crippen LogP) is 3.58. The monoisotopic (exact) mass is 282 g/mol. The van der Waals surface area contributed by atoms with E-state index in [0.717, 1.165) is 37.5 Å². The van der Waals surface area contributed by atoms with Gasteiger partial charge in [0.1, 0.15) is 5.75 Å². The summed E-state index contributed by atoms with van der Waals surface area (Å²) in [4.78, 5) is 2.53. The van der Waals surface area contributed by atoms with Crippen LogP contribution in [0.2, 0.25) is 5.02 Å². The lowest BCUT2D eigenvalue weighted by Gasteiger charge is -2.33. The number of hydrogen-bond acceptors (Lipinski definition) is 3. The lowest BCUT2D eigenvalue weighted by Crippen LogP contribution is -2.40. The van der Waals surface area contributed by atoms with Crippen LogP contribution in [-0.4, -0.2) is 35.7 Å². The van der Waals surface area contributed by atoms with Crippen LogP contribution in [0.1, 0.15) is 26.7 Å². The van der Waals surface area contributed by atoms with Crippen molar-refractivity contribution in [1.82, 2.24) is 4.90 Å². The molecule has 1 aliphatic rings. The second-order valence-electron chi connectivity index (χ2n) is 5.78. The molecule has 0 unspecified atom stereocenters. The summed E-state index contributed by atoms with van der Waals surface area (Å²) in [5, 5.41) is 13.3. The molecule has 0 aliphatic carbocycles. The van der Waals surface area contributed by atoms with Crippen molar-refractivity contribution in [2.45, 2.75) is 32.7 Å². The zero-order chi connectivity index (χ0) is 13.8. The summed E-state index contributed by atoms with van der Waals surface area (Å²) in [7, 11) is 0. The van der Waals surface area contributed by atoms with Gasteiger partial charge in [-0.2, -0.15) is 0 Å². The van der Waals surface area contributed by atoms with Gasteiger partial charge in [0.15, 0.2) is 0 Å². The highest BCUT2D eigenvalue weighted by Crippen LogP contribution is 2.27. The minimum atomic E-state index is 0.138. The third-order valence-corrected chi connectivity index (χ3v) is 3.83. The maximum absolute atomic E-state index is 9.40. The van der Waals surface area contributed by atoms with Gasteiger partial charge in [-0.3, -0.25) is 0 Å². The Hall–Kier alpha value is -0.930. The number of nitrogens with one attached hydrogen (secondary N) is 1. The summed E-state index contributed by atoms with van der Waals surface area (Å²) in [5.74, 6) is 0.874. The first-order chi connectivity index (χ1) is 9.04. The molecule has 1 saturated heterocycles. The first-order valence-electron chi connectivity index (χ1n) is 7.02. The highest BCUT2D eigenvalue weighted by atomic mass is 35.5. The summed E-state index contributed by atoms with van der Waals surface area (Å²) in [6.07, 6.45) is 2.32. The zero-order valence-electron chi connectivity index (χ0n) is 11.7. The second kappa shape index (κ2) is 6.49. The molecule has 4 heteroatoms. The van der Waals surface area contributed by atoms with Crippen LogP contribution in [0.3, 0.4) is 0 Å². The number of nitrogens with zero attached hydrogens (tertiary/aromatic N) is 1. The number of benzene rings is 1. The van der Waals surface area contributed by atoms with E-state index in [-0.39, 0.29) is 5.75 Å². The van der Waals surface area contributed by atoms with E-state index in [1.54, 1.807) is 12.1 Å². The Morgan fingerprint density at radius 3 is 2.63 bits per heavy atom. The average molecular weight is 283 g/mol. The van der Waals surface area contributed by atoms with Gasteiger partial charge in [0.05, 0.1) is 5.02 Å². The maximum atomic E-state index is 9.40. The summed E-state index contributed by atoms with van der Waals surface area (Å²) >= 11 is 5.91. The zero-order valence-corrected chi connectivity index (χ0v) is 12.5. The lowest BCUT2D eigenvalue weighted by molar-refractivity contribution is 0.198. The number of likely N-dealkylation sites (tertiary alicyclic amines) is 1. The number of aromatic hydroxyl groups is 1. The predicted molar refractivity (Wildman–Crippen MR) is 81.0 cm³/mol. The van der Waals surface area contributed by atoms with E-state index < -0.39 is 0 Å². The number of phenols is 1. The van der Waals surface area contributed by atoms with Crippen LogP contribution in [0.25, 0.3) is 0 Å². The molecule has 0 radical (unpaired) electrons. The fraction of sp³-hybridized carbons (Fsp3) is 0.600. The fourth-order valence-corrected chi connectivity index (χ4v) is 2.79. The van der Waals surface area contributed by atoms with Crippen LogP contribution in [-0.2, 0) is 0 Å². The molecule has 0 saturated carbocycles. The topological polar surface area (TPSA) is 35.5 Å². The van der Waals surface area contributed by atoms with Crippen molar-refractivity contribution >= 4 is 17.3 Å². The standard InChI is InChI=1S/C15H23ClN2O/c1-11(2)10-18-7-5-12(6-8-18)17-13-3-4-15(19)14(16)9-13/h3-4,9,11-12,17,19H,5-8,10H2,1-2H3. The van der Waals surface area contributed by atoms with E-state index in [4.69, 9.17) is 11.6 Å². The van der Waals surface area contributed by atoms with Gasteiger partial charge in [-0.15, -0.1) is 0 Å². The number of halogens is 1. The molecule has 0 spiro atoms. The van der Waals surface area contributed by atoms with Gasteiger partial charge in [0.25, 0.3) is 0 Å². The molecule has 1 heterocycles. The first kappa shape index (κ1) is 14.5. The molecule has 1 aliphatic heterocycles. The molecule has 0 bridgehead atoms. The highest BCUT2D eigenvalue weighted by Gasteiger charge is 2.19. The maximum Gasteiger partial charge on any atom is 0.134 e. The largest absolute Gasteiger partial charge is 0.506 e. The molecular weight excluding hydrogens is 260 g/mol.